The lowest BCUT2D eigenvalue weighted by Gasteiger charge is -2.16. The van der Waals surface area contributed by atoms with Gasteiger partial charge in [0.15, 0.2) is 0 Å². The Morgan fingerprint density at radius 2 is 1.81 bits per heavy atom. The van der Waals surface area contributed by atoms with Gasteiger partial charge in [0.05, 0.1) is 12.1 Å². The number of halogens is 4. The summed E-state index contributed by atoms with van der Waals surface area (Å²) >= 11 is 5.59. The van der Waals surface area contributed by atoms with E-state index in [0.29, 0.717) is 18.0 Å². The van der Waals surface area contributed by atoms with Gasteiger partial charge in [-0.15, -0.1) is 0 Å². The highest BCUT2D eigenvalue weighted by Gasteiger charge is 2.32. The molecule has 1 heterocycles. The highest BCUT2D eigenvalue weighted by atomic mass is 35.5. The molecule has 1 atom stereocenters. The number of ether oxygens (including phenoxy) is 1. The van der Waals surface area contributed by atoms with E-state index in [-0.39, 0.29) is 13.2 Å². The third kappa shape index (κ3) is 4.61. The van der Waals surface area contributed by atoms with Crippen LogP contribution in [0, 0.1) is 0 Å². The molecular weight excluding hydrogens is 383 g/mol. The summed E-state index contributed by atoms with van der Waals surface area (Å²) in [4.78, 5) is 11.9. The number of aliphatic hydroxyl groups is 1. The maximum Gasteiger partial charge on any atom is 0.417 e. The molecule has 4 nitrogen and oxygen atoms in total. The number of nitrogens with zero attached hydrogens (tertiary/aromatic N) is 1. The molecule has 1 aromatic heterocycles. The van der Waals surface area contributed by atoms with Gasteiger partial charge in [-0.2, -0.15) is 13.2 Å². The Labute approximate surface area is 157 Å². The van der Waals surface area contributed by atoms with Gasteiger partial charge < -0.3 is 14.4 Å². The Hall–Kier alpha value is -2.51. The maximum absolute atomic E-state index is 12.9. The summed E-state index contributed by atoms with van der Waals surface area (Å²) in [5, 5.41) is 11.5. The van der Waals surface area contributed by atoms with Crippen LogP contribution < -0.4 is 10.3 Å². The molecule has 8 heteroatoms. The number of rotatable bonds is 5. The smallest absolute Gasteiger partial charge is 0.417 e. The molecule has 0 aliphatic heterocycles. The number of hydrogen-bond donors (Lipinski definition) is 1. The lowest BCUT2D eigenvalue weighted by atomic mass is 10.1. The van der Waals surface area contributed by atoms with Crippen molar-refractivity contribution in [2.75, 3.05) is 6.61 Å². The normalized spacial score (nSPS) is 12.9. The van der Waals surface area contributed by atoms with Gasteiger partial charge in [0.2, 0.25) is 0 Å². The van der Waals surface area contributed by atoms with Gasteiger partial charge in [0.25, 0.3) is 5.56 Å². The van der Waals surface area contributed by atoms with Crippen LogP contribution in [0.15, 0.2) is 59.5 Å². The first-order valence-electron chi connectivity index (χ1n) is 8.01. The quantitative estimate of drug-likeness (QED) is 0.704. The summed E-state index contributed by atoms with van der Waals surface area (Å²) in [6.07, 6.45) is -5.22. The zero-order valence-electron chi connectivity index (χ0n) is 13.9. The molecule has 0 saturated carbocycles. The number of aliphatic hydroxyl groups excluding tert-OH is 1. The molecule has 0 bridgehead atoms. The maximum atomic E-state index is 12.9. The van der Waals surface area contributed by atoms with E-state index in [1.165, 1.54) is 0 Å². The predicted octanol–water partition coefficient (Wildman–Crippen LogP) is 4.11. The molecular formula is C19H15ClF3NO3. The van der Waals surface area contributed by atoms with Crippen molar-refractivity contribution in [1.82, 2.24) is 4.57 Å². The van der Waals surface area contributed by atoms with Crippen LogP contribution in [0.25, 0.3) is 10.8 Å². The molecule has 0 amide bonds. The van der Waals surface area contributed by atoms with Gasteiger partial charge >= 0.3 is 6.18 Å². The summed E-state index contributed by atoms with van der Waals surface area (Å²) < 4.78 is 44.8. The third-order valence-electron chi connectivity index (χ3n) is 3.94. The van der Waals surface area contributed by atoms with Gasteiger partial charge in [-0.05, 0) is 29.0 Å². The van der Waals surface area contributed by atoms with E-state index < -0.39 is 28.4 Å². The lowest BCUT2D eigenvalue weighted by Crippen LogP contribution is -2.31. The molecule has 0 aliphatic rings. The molecule has 0 radical (unpaired) electrons. The van der Waals surface area contributed by atoms with Crippen LogP contribution >= 0.6 is 11.6 Å². The van der Waals surface area contributed by atoms with Crippen LogP contribution in [-0.2, 0) is 12.7 Å². The van der Waals surface area contributed by atoms with Crippen molar-refractivity contribution in [3.8, 4) is 5.75 Å². The second kappa shape index (κ2) is 7.62. The summed E-state index contributed by atoms with van der Waals surface area (Å²) in [5.41, 5.74) is -1.87. The molecule has 0 aliphatic carbocycles. The number of benzene rings is 2. The predicted molar refractivity (Wildman–Crippen MR) is 96.2 cm³/mol. The number of hydrogen-bond acceptors (Lipinski definition) is 3. The number of alkyl halides is 3. The zero-order chi connectivity index (χ0) is 19.6. The minimum absolute atomic E-state index is 0.196. The molecule has 2 aromatic carbocycles. The van der Waals surface area contributed by atoms with Crippen LogP contribution in [-0.4, -0.2) is 22.4 Å². The van der Waals surface area contributed by atoms with Crippen molar-refractivity contribution in [3.05, 3.63) is 75.7 Å². The number of fused-ring (bicyclic) bond motifs is 1. The van der Waals surface area contributed by atoms with E-state index in [1.807, 2.05) is 30.3 Å². The van der Waals surface area contributed by atoms with Gasteiger partial charge in [0, 0.05) is 6.20 Å². The largest absolute Gasteiger partial charge is 0.491 e. The molecule has 0 saturated heterocycles. The fourth-order valence-corrected chi connectivity index (χ4v) is 2.85. The average Bonchev–Trinajstić information content (AvgIpc) is 2.62. The van der Waals surface area contributed by atoms with E-state index in [2.05, 4.69) is 0 Å². The Morgan fingerprint density at radius 3 is 2.52 bits per heavy atom. The van der Waals surface area contributed by atoms with E-state index in [0.717, 1.165) is 15.3 Å². The van der Waals surface area contributed by atoms with Crippen LogP contribution in [0.1, 0.15) is 5.56 Å². The first-order chi connectivity index (χ1) is 12.7. The highest BCUT2D eigenvalue weighted by molar-refractivity contribution is 6.30. The van der Waals surface area contributed by atoms with Crippen LogP contribution in [0.4, 0.5) is 13.2 Å². The summed E-state index contributed by atoms with van der Waals surface area (Å²) in [7, 11) is 0. The molecule has 3 aromatic rings. The fraction of sp³-hybridized carbons (Fsp3) is 0.211. The van der Waals surface area contributed by atoms with Gasteiger partial charge in [-0.25, -0.2) is 0 Å². The molecule has 27 heavy (non-hydrogen) atoms. The van der Waals surface area contributed by atoms with Crippen LogP contribution in [0.2, 0.25) is 5.02 Å². The number of aromatic nitrogens is 1. The summed E-state index contributed by atoms with van der Waals surface area (Å²) in [6, 6.07) is 13.6. The Kier molecular flexibility index (Phi) is 5.43. The van der Waals surface area contributed by atoms with Crippen LogP contribution in [0.3, 0.4) is 0 Å². The topological polar surface area (TPSA) is 51.5 Å². The lowest BCUT2D eigenvalue weighted by molar-refractivity contribution is -0.138. The minimum Gasteiger partial charge on any atom is -0.491 e. The second-order valence-corrected chi connectivity index (χ2v) is 6.41. The van der Waals surface area contributed by atoms with Crippen molar-refractivity contribution in [1.29, 1.82) is 0 Å². The standard InChI is InChI=1S/C19H15ClF3NO3/c20-17-8-14(19(21,22)23)9-24(18(17)26)10-15(25)11-27-16-6-5-12-3-1-2-4-13(12)7-16/h1-9,15,25H,10-11H2/t15-/m1/s1. The van der Waals surface area contributed by atoms with E-state index in [9.17, 15) is 23.1 Å². The first-order valence-corrected chi connectivity index (χ1v) is 8.38. The van der Waals surface area contributed by atoms with Crippen LogP contribution in [0.5, 0.6) is 5.75 Å². The number of pyridine rings is 1. The monoisotopic (exact) mass is 397 g/mol. The Bertz CT molecular complexity index is 1020. The Morgan fingerprint density at radius 1 is 1.11 bits per heavy atom. The van der Waals surface area contributed by atoms with Crippen molar-refractivity contribution in [2.45, 2.75) is 18.8 Å². The molecule has 0 fully saturated rings. The minimum atomic E-state index is -4.65. The third-order valence-corrected chi connectivity index (χ3v) is 4.21. The first kappa shape index (κ1) is 19.3. The van der Waals surface area contributed by atoms with E-state index in [4.69, 9.17) is 16.3 Å². The highest BCUT2D eigenvalue weighted by Crippen LogP contribution is 2.29. The fourth-order valence-electron chi connectivity index (χ4n) is 2.62. The van der Waals surface area contributed by atoms with Gasteiger partial charge in [-0.1, -0.05) is 41.9 Å². The molecule has 3 rings (SSSR count). The van der Waals surface area contributed by atoms with Crippen molar-refractivity contribution >= 4 is 22.4 Å². The van der Waals surface area contributed by atoms with E-state index in [1.54, 1.807) is 12.1 Å². The molecule has 1 N–H and O–H groups in total. The Balaban J connectivity index is 1.71. The molecule has 0 spiro atoms. The van der Waals surface area contributed by atoms with Gasteiger partial charge in [0.1, 0.15) is 23.5 Å². The van der Waals surface area contributed by atoms with Crippen molar-refractivity contribution < 1.29 is 23.0 Å². The second-order valence-electron chi connectivity index (χ2n) is 6.01. The van der Waals surface area contributed by atoms with Gasteiger partial charge in [-0.3, -0.25) is 4.79 Å². The summed E-state index contributed by atoms with van der Waals surface area (Å²) in [5.74, 6) is 0.502. The van der Waals surface area contributed by atoms with Crippen molar-refractivity contribution in [3.63, 3.8) is 0 Å². The molecule has 142 valence electrons. The zero-order valence-corrected chi connectivity index (χ0v) is 14.7. The summed E-state index contributed by atoms with van der Waals surface area (Å²) in [6.45, 7) is -0.575. The van der Waals surface area contributed by atoms with E-state index >= 15 is 0 Å². The molecule has 0 unspecified atom stereocenters. The average molecular weight is 398 g/mol. The SMILES string of the molecule is O=c1c(Cl)cc(C(F)(F)F)cn1C[C@@H](O)COc1ccc2ccccc2c1. The van der Waals surface area contributed by atoms with Crippen molar-refractivity contribution in [2.24, 2.45) is 0 Å².